The number of benzene rings is 5. The van der Waals surface area contributed by atoms with E-state index >= 15 is 0 Å². The molecule has 53 heavy (non-hydrogen) atoms. The Morgan fingerprint density at radius 3 is 2.17 bits per heavy atom. The predicted octanol–water partition coefficient (Wildman–Crippen LogP) is 11.8. The van der Waals surface area contributed by atoms with Crippen LogP contribution in [0.15, 0.2) is 132 Å². The number of pyridine rings is 1. The molecule has 0 N–H and O–H groups in total. The first-order valence-electron chi connectivity index (χ1n) is 18.1. The molecule has 0 fully saturated rings. The molecule has 5 aromatic carbocycles. The van der Waals surface area contributed by atoms with Gasteiger partial charge < -0.3 is 14.0 Å². The monoisotopic (exact) mass is 888 g/mol. The van der Waals surface area contributed by atoms with Gasteiger partial charge in [-0.3, -0.25) is 4.98 Å². The maximum Gasteiger partial charge on any atom is 0.0795 e. The number of para-hydroxylation sites is 2. The van der Waals surface area contributed by atoms with Crippen molar-refractivity contribution in [1.82, 2.24) is 14.5 Å². The molecule has 8 rings (SSSR count). The molecule has 6 heteroatoms. The first-order chi connectivity index (χ1) is 25.1. The van der Waals surface area contributed by atoms with E-state index in [-0.39, 0.29) is 20.1 Å². The van der Waals surface area contributed by atoms with Gasteiger partial charge in [0.2, 0.25) is 0 Å². The largest absolute Gasteiger partial charge is 0.557 e. The first-order valence-corrected chi connectivity index (χ1v) is 21.6. The molecule has 0 saturated heterocycles. The number of aromatic nitrogens is 3. The molecule has 8 aromatic rings. The Balaban J connectivity index is 0.000000238. The fourth-order valence-corrected chi connectivity index (χ4v) is 7.95. The van der Waals surface area contributed by atoms with Crippen LogP contribution in [0.5, 0.6) is 0 Å². The van der Waals surface area contributed by atoms with Crippen molar-refractivity contribution in [2.75, 3.05) is 0 Å². The second kappa shape index (κ2) is 16.0. The number of hydrogen-bond acceptors (Lipinski definition) is 3. The van der Waals surface area contributed by atoms with E-state index < -0.39 is 8.07 Å². The van der Waals surface area contributed by atoms with Gasteiger partial charge >= 0.3 is 0 Å². The van der Waals surface area contributed by atoms with Crippen molar-refractivity contribution in [2.45, 2.75) is 53.8 Å². The quantitative estimate of drug-likeness (QED) is 0.118. The number of rotatable bonds is 7. The molecule has 0 aliphatic rings. The van der Waals surface area contributed by atoms with Gasteiger partial charge in [-0.25, -0.2) is 0 Å². The third-order valence-corrected chi connectivity index (χ3v) is 11.5. The third kappa shape index (κ3) is 8.21. The van der Waals surface area contributed by atoms with Gasteiger partial charge in [-0.05, 0) is 83.6 Å². The minimum absolute atomic E-state index is 0. The molecule has 0 bridgehead atoms. The Morgan fingerprint density at radius 1 is 0.792 bits per heavy atom. The summed E-state index contributed by atoms with van der Waals surface area (Å²) in [5.41, 5.74) is 13.2. The molecule has 0 saturated carbocycles. The van der Waals surface area contributed by atoms with Crippen LogP contribution < -0.4 is 5.19 Å². The Hall–Kier alpha value is -4.87. The Bertz CT molecular complexity index is 2440. The van der Waals surface area contributed by atoms with Crippen molar-refractivity contribution in [3.05, 3.63) is 157 Å². The molecule has 0 atom stereocenters. The normalized spacial score (nSPS) is 11.4. The zero-order chi connectivity index (χ0) is 36.4. The van der Waals surface area contributed by atoms with E-state index in [0.29, 0.717) is 5.92 Å². The molecule has 0 unspecified atom stereocenters. The van der Waals surface area contributed by atoms with Crippen LogP contribution in [-0.2, 0) is 26.5 Å². The molecule has 0 spiro atoms. The average Bonchev–Trinajstić information content (AvgIpc) is 3.73. The van der Waals surface area contributed by atoms with Gasteiger partial charge in [0.1, 0.15) is 0 Å². The van der Waals surface area contributed by atoms with Crippen molar-refractivity contribution in [2.24, 2.45) is 5.92 Å². The molecular weight excluding hydrogens is 843 g/mol. The van der Waals surface area contributed by atoms with Crippen molar-refractivity contribution in [3.63, 3.8) is 0 Å². The summed E-state index contributed by atoms with van der Waals surface area (Å²) in [6.07, 6.45) is 6.23. The number of aryl methyl sites for hydroxylation is 2. The van der Waals surface area contributed by atoms with E-state index in [9.17, 15) is 0 Å². The minimum atomic E-state index is -1.23. The molecule has 3 heterocycles. The second-order valence-electron chi connectivity index (χ2n) is 15.0. The molecular formula is C47H45IrN3OSi-2. The Morgan fingerprint density at radius 2 is 1.51 bits per heavy atom. The standard InChI is InChI=1S/C33H29N2O.C14H16NSi.Ir/c1-21(2)16-24-14-15-27-28(20-36-31(27)19-24)33-34-29-12-8-9-13-30(29)35(33)26-17-22(3)32(23(4)18-26)25-10-6-5-7-11-25;1-16(2,3)13-9-10-14(15-11-13)12-7-5-4-6-8-12;/h5-15,17-19,21H,16H2,1-4H3;4-7,9-11H,1-3H3;/q2*-1;. The van der Waals surface area contributed by atoms with Crippen LogP contribution in [0.25, 0.3) is 61.5 Å². The number of imidazole rings is 1. The van der Waals surface area contributed by atoms with E-state index in [1.807, 2.05) is 36.5 Å². The van der Waals surface area contributed by atoms with Gasteiger partial charge in [-0.2, -0.15) is 0 Å². The Labute approximate surface area is 328 Å². The summed E-state index contributed by atoms with van der Waals surface area (Å²) in [6, 6.07) is 45.3. The first kappa shape index (κ1) is 37.9. The Kier molecular flexibility index (Phi) is 11.4. The van der Waals surface area contributed by atoms with Crippen molar-refractivity contribution in [1.29, 1.82) is 0 Å². The van der Waals surface area contributed by atoms with E-state index in [1.54, 1.807) is 0 Å². The summed E-state index contributed by atoms with van der Waals surface area (Å²) in [4.78, 5) is 9.58. The van der Waals surface area contributed by atoms with Gasteiger partial charge in [-0.1, -0.05) is 117 Å². The van der Waals surface area contributed by atoms with Crippen LogP contribution in [0.3, 0.4) is 0 Å². The molecule has 0 aliphatic carbocycles. The predicted molar refractivity (Wildman–Crippen MR) is 220 cm³/mol. The molecule has 0 amide bonds. The van der Waals surface area contributed by atoms with E-state index in [0.717, 1.165) is 56.8 Å². The molecule has 0 aliphatic heterocycles. The SMILES string of the molecule is C[Si](C)(C)c1ccc(-c2[c-]cccc2)nc1.Cc1cc(-n2c(-c3[c-]oc4cc(CC(C)C)ccc34)nc3ccccc32)cc(C)c1-c1ccccc1.[Ir]. The van der Waals surface area contributed by atoms with E-state index in [4.69, 9.17) is 9.40 Å². The van der Waals surface area contributed by atoms with Gasteiger partial charge in [-0.15, -0.1) is 42.0 Å². The summed E-state index contributed by atoms with van der Waals surface area (Å²) in [5, 5.41) is 2.43. The van der Waals surface area contributed by atoms with Crippen LogP contribution in [0.4, 0.5) is 0 Å². The summed E-state index contributed by atoms with van der Waals surface area (Å²) in [7, 11) is -1.23. The fourth-order valence-electron chi connectivity index (χ4n) is 6.92. The second-order valence-corrected chi connectivity index (χ2v) is 20.1. The van der Waals surface area contributed by atoms with E-state index in [1.165, 1.54) is 33.0 Å². The van der Waals surface area contributed by atoms with Crippen LogP contribution in [0.2, 0.25) is 19.6 Å². The maximum atomic E-state index is 5.96. The average molecular weight is 888 g/mol. The summed E-state index contributed by atoms with van der Waals surface area (Å²) < 4.78 is 8.20. The van der Waals surface area contributed by atoms with Crippen LogP contribution in [-0.4, -0.2) is 22.6 Å². The zero-order valence-electron chi connectivity index (χ0n) is 31.5. The van der Waals surface area contributed by atoms with Gasteiger partial charge in [0.25, 0.3) is 0 Å². The molecule has 1 radical (unpaired) electrons. The number of fused-ring (bicyclic) bond motifs is 2. The maximum absolute atomic E-state index is 5.96. The third-order valence-electron chi connectivity index (χ3n) is 9.46. The van der Waals surface area contributed by atoms with Crippen molar-refractivity contribution >= 4 is 35.3 Å². The number of hydrogen-bond donors (Lipinski definition) is 0. The zero-order valence-corrected chi connectivity index (χ0v) is 34.9. The van der Waals surface area contributed by atoms with Crippen LogP contribution in [0.1, 0.15) is 30.5 Å². The van der Waals surface area contributed by atoms with E-state index in [2.05, 4.69) is 160 Å². The molecule has 269 valence electrons. The number of furan rings is 1. The van der Waals surface area contributed by atoms with Gasteiger partial charge in [0.15, 0.2) is 0 Å². The minimum Gasteiger partial charge on any atom is -0.557 e. The topological polar surface area (TPSA) is 43.9 Å². The fraction of sp³-hybridized carbons (Fsp3) is 0.191. The summed E-state index contributed by atoms with van der Waals surface area (Å²) in [6.45, 7) is 15.8. The van der Waals surface area contributed by atoms with Crippen LogP contribution in [0, 0.1) is 32.1 Å². The van der Waals surface area contributed by atoms with Crippen molar-refractivity contribution < 1.29 is 24.5 Å². The molecule has 4 nitrogen and oxygen atoms in total. The summed E-state index contributed by atoms with van der Waals surface area (Å²) >= 11 is 0. The van der Waals surface area contributed by atoms with Gasteiger partial charge in [0, 0.05) is 43.8 Å². The smallest absolute Gasteiger partial charge is 0.0795 e. The molecule has 3 aromatic heterocycles. The number of nitrogens with zero attached hydrogens (tertiary/aromatic N) is 3. The van der Waals surface area contributed by atoms with Crippen molar-refractivity contribution in [3.8, 4) is 39.5 Å². The van der Waals surface area contributed by atoms with Gasteiger partial charge in [0.05, 0.1) is 24.9 Å². The summed E-state index contributed by atoms with van der Waals surface area (Å²) in [5.74, 6) is 1.44. The van der Waals surface area contributed by atoms with Crippen LogP contribution >= 0.6 is 0 Å².